The summed E-state index contributed by atoms with van der Waals surface area (Å²) in [7, 11) is 0. The molecule has 1 aromatic carbocycles. The molecule has 0 fully saturated rings. The van der Waals surface area contributed by atoms with Gasteiger partial charge in [0, 0.05) is 0 Å². The molecule has 86 valence electrons. The highest BCUT2D eigenvalue weighted by atomic mass is 19.1. The fraction of sp³-hybridized carbons (Fsp3) is 0.417. The lowest BCUT2D eigenvalue weighted by Gasteiger charge is -2.29. The number of aliphatic hydroxyl groups excluding tert-OH is 1. The first-order valence-corrected chi connectivity index (χ1v) is 5.34. The average Bonchev–Trinajstić information content (AvgIpc) is 2.33. The molecule has 1 aliphatic rings. The number of aliphatic hydroxyl groups is 1. The summed E-state index contributed by atoms with van der Waals surface area (Å²) in [5.41, 5.74) is 1.72. The molecule has 0 unspecified atom stereocenters. The molecule has 1 amide bonds. The number of rotatable bonds is 2. The zero-order valence-corrected chi connectivity index (χ0v) is 8.82. The quantitative estimate of drug-likeness (QED) is 0.800. The Morgan fingerprint density at radius 3 is 2.75 bits per heavy atom. The van der Waals surface area contributed by atoms with Gasteiger partial charge in [-0.3, -0.25) is 4.79 Å². The molecule has 2 rings (SSSR count). The molecule has 16 heavy (non-hydrogen) atoms. The minimum absolute atomic E-state index is 0.178. The zero-order chi connectivity index (χ0) is 11.5. The molecule has 0 saturated carbocycles. The standard InChI is InChI=1S/C12H14FNO2/c13-7-12(16)14-10-5-6-11(15)9-4-2-1-3-8(9)10/h1-4,10-11,15H,5-7H2,(H,14,16)/t10-,11-/m1/s1. The van der Waals surface area contributed by atoms with E-state index in [-0.39, 0.29) is 6.04 Å². The van der Waals surface area contributed by atoms with Crippen molar-refractivity contribution in [2.75, 3.05) is 6.67 Å². The number of hydrogen-bond acceptors (Lipinski definition) is 2. The maximum atomic E-state index is 12.1. The minimum Gasteiger partial charge on any atom is -0.388 e. The number of alkyl halides is 1. The van der Waals surface area contributed by atoms with E-state index in [1.807, 2.05) is 24.3 Å². The lowest BCUT2D eigenvalue weighted by Crippen LogP contribution is -2.32. The minimum atomic E-state index is -0.999. The Balaban J connectivity index is 2.24. The Labute approximate surface area is 93.3 Å². The van der Waals surface area contributed by atoms with Gasteiger partial charge in [-0.1, -0.05) is 24.3 Å². The van der Waals surface area contributed by atoms with Crippen LogP contribution in [-0.2, 0) is 4.79 Å². The second-order valence-corrected chi connectivity index (χ2v) is 3.98. The highest BCUT2D eigenvalue weighted by molar-refractivity contribution is 5.77. The summed E-state index contributed by atoms with van der Waals surface area (Å²) in [5.74, 6) is -0.601. The SMILES string of the molecule is O=C(CF)N[C@@H]1CC[C@@H](O)c2ccccc21. The van der Waals surface area contributed by atoms with Crippen LogP contribution >= 0.6 is 0 Å². The molecular weight excluding hydrogens is 209 g/mol. The van der Waals surface area contributed by atoms with Crippen LogP contribution in [0.1, 0.15) is 36.1 Å². The molecule has 0 aromatic heterocycles. The van der Waals surface area contributed by atoms with Crippen LogP contribution in [0, 0.1) is 0 Å². The van der Waals surface area contributed by atoms with E-state index in [0.717, 1.165) is 11.1 Å². The maximum Gasteiger partial charge on any atom is 0.251 e. The van der Waals surface area contributed by atoms with E-state index in [1.165, 1.54) is 0 Å². The van der Waals surface area contributed by atoms with E-state index >= 15 is 0 Å². The van der Waals surface area contributed by atoms with Crippen molar-refractivity contribution in [1.82, 2.24) is 5.32 Å². The topological polar surface area (TPSA) is 49.3 Å². The van der Waals surface area contributed by atoms with Crippen LogP contribution in [0.2, 0.25) is 0 Å². The number of amides is 1. The van der Waals surface area contributed by atoms with Crippen molar-refractivity contribution in [3.05, 3.63) is 35.4 Å². The van der Waals surface area contributed by atoms with E-state index in [2.05, 4.69) is 5.32 Å². The Hall–Kier alpha value is -1.42. The van der Waals surface area contributed by atoms with Crippen molar-refractivity contribution in [2.45, 2.75) is 25.0 Å². The molecule has 0 spiro atoms. The lowest BCUT2D eigenvalue weighted by molar-refractivity contribution is -0.122. The third-order valence-electron chi connectivity index (χ3n) is 2.92. The fourth-order valence-electron chi connectivity index (χ4n) is 2.15. The molecule has 4 heteroatoms. The normalized spacial score (nSPS) is 23.6. The molecule has 2 atom stereocenters. The van der Waals surface area contributed by atoms with Crippen molar-refractivity contribution < 1.29 is 14.3 Å². The van der Waals surface area contributed by atoms with E-state index in [0.29, 0.717) is 12.8 Å². The third-order valence-corrected chi connectivity index (χ3v) is 2.92. The van der Waals surface area contributed by atoms with Crippen LogP contribution in [0.5, 0.6) is 0 Å². The molecule has 0 heterocycles. The number of nitrogens with one attached hydrogen (secondary N) is 1. The first-order chi connectivity index (χ1) is 7.72. The monoisotopic (exact) mass is 223 g/mol. The van der Waals surface area contributed by atoms with Gasteiger partial charge in [-0.2, -0.15) is 0 Å². The Bertz CT molecular complexity index is 394. The van der Waals surface area contributed by atoms with Gasteiger partial charge < -0.3 is 10.4 Å². The number of carbonyl (C=O) groups is 1. The van der Waals surface area contributed by atoms with E-state index < -0.39 is 18.7 Å². The van der Waals surface area contributed by atoms with Gasteiger partial charge in [0.2, 0.25) is 0 Å². The molecule has 0 aliphatic heterocycles. The first-order valence-electron chi connectivity index (χ1n) is 5.34. The predicted molar refractivity (Wildman–Crippen MR) is 57.5 cm³/mol. The van der Waals surface area contributed by atoms with Crippen LogP contribution < -0.4 is 5.32 Å². The highest BCUT2D eigenvalue weighted by Crippen LogP contribution is 2.35. The van der Waals surface area contributed by atoms with Gasteiger partial charge in [0.05, 0.1) is 12.1 Å². The van der Waals surface area contributed by atoms with E-state index in [4.69, 9.17) is 0 Å². The molecule has 0 saturated heterocycles. The molecule has 0 bridgehead atoms. The van der Waals surface area contributed by atoms with Gasteiger partial charge in [-0.25, -0.2) is 4.39 Å². The Morgan fingerprint density at radius 2 is 2.06 bits per heavy atom. The van der Waals surface area contributed by atoms with Gasteiger partial charge in [-0.15, -0.1) is 0 Å². The summed E-state index contributed by atoms with van der Waals surface area (Å²) < 4.78 is 12.1. The van der Waals surface area contributed by atoms with Crippen molar-refractivity contribution in [3.63, 3.8) is 0 Å². The van der Waals surface area contributed by atoms with Gasteiger partial charge in [0.25, 0.3) is 5.91 Å². The lowest BCUT2D eigenvalue weighted by atomic mass is 9.86. The van der Waals surface area contributed by atoms with Gasteiger partial charge >= 0.3 is 0 Å². The number of benzene rings is 1. The van der Waals surface area contributed by atoms with Gasteiger partial charge in [0.1, 0.15) is 0 Å². The smallest absolute Gasteiger partial charge is 0.251 e. The summed E-state index contributed by atoms with van der Waals surface area (Å²) in [6.07, 6.45) is 0.757. The van der Waals surface area contributed by atoms with Crippen molar-refractivity contribution in [3.8, 4) is 0 Å². The summed E-state index contributed by atoms with van der Waals surface area (Å²) in [5, 5.41) is 12.4. The van der Waals surface area contributed by atoms with Crippen molar-refractivity contribution in [2.24, 2.45) is 0 Å². The Morgan fingerprint density at radius 1 is 1.38 bits per heavy atom. The van der Waals surface area contributed by atoms with Gasteiger partial charge in [0.15, 0.2) is 6.67 Å². The molecule has 1 aromatic rings. The first kappa shape index (κ1) is 11.1. The summed E-state index contributed by atoms with van der Waals surface area (Å²) in [6.45, 7) is -0.999. The second-order valence-electron chi connectivity index (χ2n) is 3.98. The number of hydrogen-bond donors (Lipinski definition) is 2. The summed E-state index contributed by atoms with van der Waals surface area (Å²) in [6, 6.07) is 7.23. The summed E-state index contributed by atoms with van der Waals surface area (Å²) in [4.78, 5) is 11.0. The van der Waals surface area contributed by atoms with E-state index in [1.54, 1.807) is 0 Å². The summed E-state index contributed by atoms with van der Waals surface area (Å²) >= 11 is 0. The van der Waals surface area contributed by atoms with Crippen LogP contribution in [0.15, 0.2) is 24.3 Å². The molecule has 1 aliphatic carbocycles. The number of halogens is 1. The Kier molecular flexibility index (Phi) is 3.19. The highest BCUT2D eigenvalue weighted by Gasteiger charge is 2.26. The maximum absolute atomic E-state index is 12.1. The largest absolute Gasteiger partial charge is 0.388 e. The number of carbonyl (C=O) groups excluding carboxylic acids is 1. The molecular formula is C12H14FNO2. The fourth-order valence-corrected chi connectivity index (χ4v) is 2.15. The zero-order valence-electron chi connectivity index (χ0n) is 8.82. The second kappa shape index (κ2) is 4.61. The van der Waals surface area contributed by atoms with Crippen LogP contribution in [0.3, 0.4) is 0 Å². The van der Waals surface area contributed by atoms with Crippen LogP contribution in [0.25, 0.3) is 0 Å². The van der Waals surface area contributed by atoms with Gasteiger partial charge in [-0.05, 0) is 24.0 Å². The van der Waals surface area contributed by atoms with E-state index in [9.17, 15) is 14.3 Å². The predicted octanol–water partition coefficient (Wildman–Crippen LogP) is 1.64. The van der Waals surface area contributed by atoms with Crippen LogP contribution in [0.4, 0.5) is 4.39 Å². The van der Waals surface area contributed by atoms with Crippen molar-refractivity contribution >= 4 is 5.91 Å². The third kappa shape index (κ3) is 2.07. The van der Waals surface area contributed by atoms with Crippen molar-refractivity contribution in [1.29, 1.82) is 0 Å². The molecule has 3 nitrogen and oxygen atoms in total. The number of fused-ring (bicyclic) bond motifs is 1. The van der Waals surface area contributed by atoms with Crippen LogP contribution in [-0.4, -0.2) is 17.7 Å². The molecule has 2 N–H and O–H groups in total. The molecule has 0 radical (unpaired) electrons. The average molecular weight is 223 g/mol.